The van der Waals surface area contributed by atoms with E-state index in [0.717, 1.165) is 5.56 Å². The van der Waals surface area contributed by atoms with Gasteiger partial charge in [-0.05, 0) is 6.07 Å². The van der Waals surface area contributed by atoms with Crippen molar-refractivity contribution in [2.45, 2.75) is 0 Å². The summed E-state index contributed by atoms with van der Waals surface area (Å²) in [5, 5.41) is 5.81. The number of pyridine rings is 1. The van der Waals surface area contributed by atoms with Gasteiger partial charge in [-0.3, -0.25) is 4.98 Å². The Morgan fingerprint density at radius 3 is 2.91 bits per heavy atom. The lowest BCUT2D eigenvalue weighted by Gasteiger charge is -2.01. The lowest BCUT2D eigenvalue weighted by atomic mass is 10.3. The molecule has 0 spiro atoms. The van der Waals surface area contributed by atoms with Gasteiger partial charge in [0.25, 0.3) is 0 Å². The van der Waals surface area contributed by atoms with Crippen molar-refractivity contribution >= 4 is 6.21 Å². The van der Waals surface area contributed by atoms with Gasteiger partial charge in [-0.2, -0.15) is 5.10 Å². The molecule has 11 heavy (non-hydrogen) atoms. The molecule has 0 saturated heterocycles. The summed E-state index contributed by atoms with van der Waals surface area (Å²) in [5.41, 5.74) is 1.02. The lowest BCUT2D eigenvalue weighted by Crippen LogP contribution is -2.01. The number of rotatable bonds is 2. The van der Waals surface area contributed by atoms with Crippen LogP contribution in [0.5, 0.6) is 0 Å². The lowest BCUT2D eigenvalue weighted by molar-refractivity contribution is 0.440. The molecule has 0 aliphatic carbocycles. The average molecular weight is 149 g/mol. The Balaban J connectivity index is 2.65. The molecule has 0 amide bonds. The van der Waals surface area contributed by atoms with E-state index in [1.54, 1.807) is 23.6 Å². The van der Waals surface area contributed by atoms with Crippen LogP contribution in [0.25, 0.3) is 0 Å². The molecule has 0 unspecified atom stereocenters. The predicted molar refractivity (Wildman–Crippen MR) is 45.5 cm³/mol. The molecule has 1 rings (SSSR count). The number of hydrogen-bond donors (Lipinski definition) is 0. The third kappa shape index (κ3) is 2.80. The third-order valence-corrected chi connectivity index (χ3v) is 1.12. The van der Waals surface area contributed by atoms with Gasteiger partial charge in [0, 0.05) is 32.1 Å². The van der Waals surface area contributed by atoms with Crippen molar-refractivity contribution < 1.29 is 0 Å². The third-order valence-electron chi connectivity index (χ3n) is 1.12. The standard InChI is InChI=1S/C8H11N3/c1-11(2)10-7-8-4-3-5-9-6-8/h3-7H,1-2H3/b10-7+. The predicted octanol–water partition coefficient (Wildman–Crippen LogP) is 0.977. The molecule has 3 nitrogen and oxygen atoms in total. The van der Waals surface area contributed by atoms with Gasteiger partial charge in [-0.1, -0.05) is 6.07 Å². The van der Waals surface area contributed by atoms with Crippen LogP contribution < -0.4 is 0 Å². The van der Waals surface area contributed by atoms with Gasteiger partial charge in [0.2, 0.25) is 0 Å². The van der Waals surface area contributed by atoms with E-state index < -0.39 is 0 Å². The molecule has 1 aromatic rings. The summed E-state index contributed by atoms with van der Waals surface area (Å²) in [4.78, 5) is 3.95. The fourth-order valence-electron chi connectivity index (χ4n) is 0.634. The molecule has 3 heteroatoms. The zero-order chi connectivity index (χ0) is 8.10. The minimum absolute atomic E-state index is 1.02. The molecule has 0 saturated carbocycles. The van der Waals surface area contributed by atoms with E-state index >= 15 is 0 Å². The molecule has 0 N–H and O–H groups in total. The number of aromatic nitrogens is 1. The van der Waals surface area contributed by atoms with Gasteiger partial charge >= 0.3 is 0 Å². The Morgan fingerprint density at radius 1 is 1.55 bits per heavy atom. The highest BCUT2D eigenvalue weighted by molar-refractivity contribution is 5.78. The van der Waals surface area contributed by atoms with Gasteiger partial charge < -0.3 is 5.01 Å². The topological polar surface area (TPSA) is 28.5 Å². The molecule has 1 heterocycles. The highest BCUT2D eigenvalue weighted by Gasteiger charge is 1.83. The highest BCUT2D eigenvalue weighted by Crippen LogP contribution is 1.90. The summed E-state index contributed by atoms with van der Waals surface area (Å²) >= 11 is 0. The first-order valence-electron chi connectivity index (χ1n) is 3.40. The van der Waals surface area contributed by atoms with Crippen LogP contribution in [0, 0.1) is 0 Å². The van der Waals surface area contributed by atoms with E-state index in [1.807, 2.05) is 26.2 Å². The van der Waals surface area contributed by atoms with Gasteiger partial charge in [-0.25, -0.2) is 0 Å². The van der Waals surface area contributed by atoms with Gasteiger partial charge in [0.1, 0.15) is 0 Å². The van der Waals surface area contributed by atoms with Crippen molar-refractivity contribution in [2.24, 2.45) is 5.10 Å². The van der Waals surface area contributed by atoms with E-state index in [2.05, 4.69) is 10.1 Å². The van der Waals surface area contributed by atoms with E-state index in [-0.39, 0.29) is 0 Å². The molecule has 0 radical (unpaired) electrons. The van der Waals surface area contributed by atoms with Crippen LogP contribution in [0.2, 0.25) is 0 Å². The van der Waals surface area contributed by atoms with Crippen molar-refractivity contribution in [3.63, 3.8) is 0 Å². The summed E-state index contributed by atoms with van der Waals surface area (Å²) in [5.74, 6) is 0. The average Bonchev–Trinajstić information content (AvgIpc) is 2.03. The summed E-state index contributed by atoms with van der Waals surface area (Å²) in [6, 6.07) is 3.84. The second kappa shape index (κ2) is 3.71. The van der Waals surface area contributed by atoms with Crippen LogP contribution in [0.4, 0.5) is 0 Å². The monoisotopic (exact) mass is 149 g/mol. The molecule has 0 bridgehead atoms. The summed E-state index contributed by atoms with van der Waals surface area (Å²) < 4.78 is 0. The summed E-state index contributed by atoms with van der Waals surface area (Å²) in [6.45, 7) is 0. The normalized spacial score (nSPS) is 10.4. The smallest absolute Gasteiger partial charge is 0.0558 e. The zero-order valence-corrected chi connectivity index (χ0v) is 6.73. The molecule has 0 aromatic carbocycles. The van der Waals surface area contributed by atoms with E-state index in [1.165, 1.54) is 0 Å². The maximum atomic E-state index is 4.06. The SMILES string of the molecule is CN(C)/N=C/c1cccnc1. The quantitative estimate of drug-likeness (QED) is 0.463. The molecule has 0 atom stereocenters. The van der Waals surface area contributed by atoms with Gasteiger partial charge in [-0.15, -0.1) is 0 Å². The number of hydrazone groups is 1. The fraction of sp³-hybridized carbons (Fsp3) is 0.250. The van der Waals surface area contributed by atoms with Crippen molar-refractivity contribution in [3.8, 4) is 0 Å². The largest absolute Gasteiger partial charge is 0.303 e. The molecule has 58 valence electrons. The maximum Gasteiger partial charge on any atom is 0.0558 e. The zero-order valence-electron chi connectivity index (χ0n) is 6.73. The fourth-order valence-corrected chi connectivity index (χ4v) is 0.634. The first-order chi connectivity index (χ1) is 5.29. The van der Waals surface area contributed by atoms with Crippen LogP contribution in [0.3, 0.4) is 0 Å². The van der Waals surface area contributed by atoms with Crippen molar-refractivity contribution in [3.05, 3.63) is 30.1 Å². The molecular formula is C8H11N3. The summed E-state index contributed by atoms with van der Waals surface area (Å²) in [6.07, 6.45) is 5.28. The molecular weight excluding hydrogens is 138 g/mol. The molecule has 0 fully saturated rings. The van der Waals surface area contributed by atoms with Crippen molar-refractivity contribution in [2.75, 3.05) is 14.1 Å². The second-order valence-corrected chi connectivity index (χ2v) is 2.38. The number of hydrogen-bond acceptors (Lipinski definition) is 3. The Hall–Kier alpha value is -1.38. The first-order valence-corrected chi connectivity index (χ1v) is 3.40. The van der Waals surface area contributed by atoms with Gasteiger partial charge in [0.15, 0.2) is 0 Å². The van der Waals surface area contributed by atoms with E-state index in [0.29, 0.717) is 0 Å². The van der Waals surface area contributed by atoms with E-state index in [4.69, 9.17) is 0 Å². The molecule has 0 aliphatic heterocycles. The molecule has 0 aliphatic rings. The Bertz CT molecular complexity index is 228. The first kappa shape index (κ1) is 7.72. The maximum absolute atomic E-state index is 4.06. The van der Waals surface area contributed by atoms with Crippen LogP contribution >= 0.6 is 0 Å². The highest BCUT2D eigenvalue weighted by atomic mass is 15.4. The minimum Gasteiger partial charge on any atom is -0.303 e. The van der Waals surface area contributed by atoms with Crippen LogP contribution in [-0.4, -0.2) is 30.3 Å². The van der Waals surface area contributed by atoms with Crippen LogP contribution in [0.1, 0.15) is 5.56 Å². The van der Waals surface area contributed by atoms with Crippen LogP contribution in [-0.2, 0) is 0 Å². The van der Waals surface area contributed by atoms with Crippen molar-refractivity contribution in [1.82, 2.24) is 9.99 Å². The van der Waals surface area contributed by atoms with Crippen LogP contribution in [0.15, 0.2) is 29.6 Å². The van der Waals surface area contributed by atoms with E-state index in [9.17, 15) is 0 Å². The second-order valence-electron chi connectivity index (χ2n) is 2.38. The minimum atomic E-state index is 1.02. The summed E-state index contributed by atoms with van der Waals surface area (Å²) in [7, 11) is 3.76. The van der Waals surface area contributed by atoms with Crippen molar-refractivity contribution in [1.29, 1.82) is 0 Å². The number of nitrogens with zero attached hydrogens (tertiary/aromatic N) is 3. The van der Waals surface area contributed by atoms with Gasteiger partial charge in [0.05, 0.1) is 6.21 Å². The molecule has 1 aromatic heterocycles. The Labute approximate surface area is 66.4 Å². The Kier molecular flexibility index (Phi) is 2.60. The Morgan fingerprint density at radius 2 is 2.36 bits per heavy atom.